The number of carbonyl (C=O) groups is 1. The fourth-order valence-corrected chi connectivity index (χ4v) is 1.59. The third kappa shape index (κ3) is 17.1. The Labute approximate surface area is 116 Å². The highest BCUT2D eigenvalue weighted by atomic mass is 127. The molecule has 1 atom stereocenters. The van der Waals surface area contributed by atoms with Crippen LogP contribution in [0.5, 0.6) is 0 Å². The van der Waals surface area contributed by atoms with Crippen LogP contribution in [0.2, 0.25) is 0 Å². The quantitative estimate of drug-likeness (QED) is 0.592. The molecule has 0 aliphatic rings. The minimum absolute atomic E-state index is 0. The zero-order valence-corrected chi connectivity index (χ0v) is 13.3. The fraction of sp³-hybridized carbons (Fsp3) is 0.900. The summed E-state index contributed by atoms with van der Waals surface area (Å²) in [7, 11) is 0. The number of rotatable bonds is 5. The molecule has 0 aliphatic heterocycles. The van der Waals surface area contributed by atoms with Gasteiger partial charge < -0.3 is 10.0 Å². The monoisotopic (exact) mass is 349 g/mol. The number of halogens is 1. The summed E-state index contributed by atoms with van der Waals surface area (Å²) >= 11 is 4.21. The second-order valence-electron chi connectivity index (χ2n) is 3.10. The van der Waals surface area contributed by atoms with E-state index in [1.807, 2.05) is 0 Å². The third-order valence-electron chi connectivity index (χ3n) is 1.98. The summed E-state index contributed by atoms with van der Waals surface area (Å²) in [4.78, 5) is 11.5. The highest BCUT2D eigenvalue weighted by molar-refractivity contribution is 14.0. The van der Waals surface area contributed by atoms with Gasteiger partial charge in [0.1, 0.15) is 0 Å². The van der Waals surface area contributed by atoms with Crippen LogP contribution in [0.15, 0.2) is 0 Å². The van der Waals surface area contributed by atoms with E-state index in [1.165, 1.54) is 6.42 Å². The van der Waals surface area contributed by atoms with Crippen molar-refractivity contribution in [3.05, 3.63) is 0 Å². The van der Waals surface area contributed by atoms with Crippen molar-refractivity contribution in [2.75, 3.05) is 18.8 Å². The molecule has 0 saturated heterocycles. The number of hydrogen-bond acceptors (Lipinski definition) is 3. The Morgan fingerprint density at radius 3 is 1.93 bits per heavy atom. The largest absolute Gasteiger partial charge is 0.481 e. The van der Waals surface area contributed by atoms with Gasteiger partial charge >= 0.3 is 0 Å². The molecular formula is C10H24INO2S. The Hall–Kier alpha value is 0.510. The SMILES string of the molecule is CC(=O)O.CCN(CC)C(C)CCS.I. The van der Waals surface area contributed by atoms with E-state index in [-0.39, 0.29) is 24.0 Å². The van der Waals surface area contributed by atoms with E-state index in [2.05, 4.69) is 38.3 Å². The summed E-state index contributed by atoms with van der Waals surface area (Å²) in [5.74, 6) is 0.164. The molecule has 0 saturated carbocycles. The average Bonchev–Trinajstić information content (AvgIpc) is 2.06. The molecule has 5 heteroatoms. The number of aliphatic carboxylic acids is 1. The fourth-order valence-electron chi connectivity index (χ4n) is 1.22. The molecule has 0 aromatic rings. The first kappa shape index (κ1) is 20.9. The van der Waals surface area contributed by atoms with E-state index < -0.39 is 5.97 Å². The van der Waals surface area contributed by atoms with Gasteiger partial charge in [0.15, 0.2) is 0 Å². The van der Waals surface area contributed by atoms with Gasteiger partial charge in [0.05, 0.1) is 0 Å². The molecule has 0 rings (SSSR count). The first-order valence-electron chi connectivity index (χ1n) is 5.03. The number of thiol groups is 1. The summed E-state index contributed by atoms with van der Waals surface area (Å²) in [5.41, 5.74) is 0. The molecule has 94 valence electrons. The maximum atomic E-state index is 9.00. The molecular weight excluding hydrogens is 325 g/mol. The molecule has 1 N–H and O–H groups in total. The minimum Gasteiger partial charge on any atom is -0.481 e. The lowest BCUT2D eigenvalue weighted by molar-refractivity contribution is -0.134. The van der Waals surface area contributed by atoms with Crippen molar-refractivity contribution in [3.8, 4) is 0 Å². The van der Waals surface area contributed by atoms with Crippen molar-refractivity contribution in [2.45, 2.75) is 40.2 Å². The summed E-state index contributed by atoms with van der Waals surface area (Å²) in [6.07, 6.45) is 1.20. The smallest absolute Gasteiger partial charge is 0.300 e. The highest BCUT2D eigenvalue weighted by Crippen LogP contribution is 2.03. The van der Waals surface area contributed by atoms with E-state index in [1.54, 1.807) is 0 Å². The van der Waals surface area contributed by atoms with Gasteiger partial charge in [-0.1, -0.05) is 13.8 Å². The molecule has 15 heavy (non-hydrogen) atoms. The van der Waals surface area contributed by atoms with E-state index in [4.69, 9.17) is 9.90 Å². The van der Waals surface area contributed by atoms with E-state index >= 15 is 0 Å². The molecule has 0 amide bonds. The molecule has 1 unspecified atom stereocenters. The second-order valence-corrected chi connectivity index (χ2v) is 3.55. The van der Waals surface area contributed by atoms with Crippen molar-refractivity contribution < 1.29 is 9.90 Å². The van der Waals surface area contributed by atoms with Crippen LogP contribution in [0.1, 0.15) is 34.1 Å². The maximum Gasteiger partial charge on any atom is 0.300 e. The van der Waals surface area contributed by atoms with Crippen LogP contribution in [-0.4, -0.2) is 40.9 Å². The molecule has 0 aromatic heterocycles. The summed E-state index contributed by atoms with van der Waals surface area (Å²) < 4.78 is 0. The Bertz CT molecular complexity index is 139. The van der Waals surface area contributed by atoms with E-state index in [0.717, 1.165) is 25.8 Å². The molecule has 0 heterocycles. The maximum absolute atomic E-state index is 9.00. The summed E-state index contributed by atoms with van der Waals surface area (Å²) in [6, 6.07) is 0.701. The average molecular weight is 349 g/mol. The third-order valence-corrected chi connectivity index (χ3v) is 2.24. The Morgan fingerprint density at radius 2 is 1.73 bits per heavy atom. The van der Waals surface area contributed by atoms with Crippen molar-refractivity contribution in [3.63, 3.8) is 0 Å². The minimum atomic E-state index is -0.833. The van der Waals surface area contributed by atoms with Gasteiger partial charge in [0, 0.05) is 13.0 Å². The predicted octanol–water partition coefficient (Wildman–Crippen LogP) is 2.75. The molecule has 3 nitrogen and oxygen atoms in total. The zero-order valence-electron chi connectivity index (χ0n) is 10.1. The predicted molar refractivity (Wildman–Crippen MR) is 79.6 cm³/mol. The van der Waals surface area contributed by atoms with Crippen LogP contribution in [0.4, 0.5) is 0 Å². The molecule has 0 bridgehead atoms. The molecule has 0 aromatic carbocycles. The normalized spacial score (nSPS) is 11.1. The van der Waals surface area contributed by atoms with Gasteiger partial charge in [-0.3, -0.25) is 4.79 Å². The number of hydrogen-bond donors (Lipinski definition) is 2. The molecule has 0 fully saturated rings. The van der Waals surface area contributed by atoms with Gasteiger partial charge in [0.25, 0.3) is 5.97 Å². The first-order valence-corrected chi connectivity index (χ1v) is 5.67. The van der Waals surface area contributed by atoms with Gasteiger partial charge in [-0.15, -0.1) is 24.0 Å². The van der Waals surface area contributed by atoms with E-state index in [0.29, 0.717) is 6.04 Å². The lowest BCUT2D eigenvalue weighted by atomic mass is 10.2. The van der Waals surface area contributed by atoms with Gasteiger partial charge in [-0.25, -0.2) is 0 Å². The van der Waals surface area contributed by atoms with Crippen LogP contribution in [0.25, 0.3) is 0 Å². The first-order chi connectivity index (χ1) is 6.49. The number of carboxylic acid groups (broad SMARTS) is 1. The summed E-state index contributed by atoms with van der Waals surface area (Å²) in [6.45, 7) is 10.1. The van der Waals surface area contributed by atoms with Crippen molar-refractivity contribution in [2.24, 2.45) is 0 Å². The lowest BCUT2D eigenvalue weighted by Gasteiger charge is -2.25. The molecule has 0 spiro atoms. The van der Waals surface area contributed by atoms with Crippen molar-refractivity contribution in [1.82, 2.24) is 4.90 Å². The topological polar surface area (TPSA) is 40.5 Å². The molecule has 0 radical (unpaired) electrons. The Kier molecular flexibility index (Phi) is 20.2. The van der Waals surface area contributed by atoms with Crippen LogP contribution in [0.3, 0.4) is 0 Å². The van der Waals surface area contributed by atoms with Crippen LogP contribution in [-0.2, 0) is 4.79 Å². The van der Waals surface area contributed by atoms with Crippen molar-refractivity contribution in [1.29, 1.82) is 0 Å². The Morgan fingerprint density at radius 1 is 1.40 bits per heavy atom. The van der Waals surface area contributed by atoms with Crippen LogP contribution in [0, 0.1) is 0 Å². The second kappa shape index (κ2) is 14.5. The number of nitrogens with zero attached hydrogens (tertiary/aromatic N) is 1. The zero-order chi connectivity index (χ0) is 11.6. The van der Waals surface area contributed by atoms with Gasteiger partial charge in [0.2, 0.25) is 0 Å². The Balaban J connectivity index is -0.000000249. The van der Waals surface area contributed by atoms with Crippen molar-refractivity contribution >= 4 is 42.6 Å². The summed E-state index contributed by atoms with van der Waals surface area (Å²) in [5, 5.41) is 7.42. The highest BCUT2D eigenvalue weighted by Gasteiger charge is 2.07. The van der Waals surface area contributed by atoms with Crippen LogP contribution < -0.4 is 0 Å². The lowest BCUT2D eigenvalue weighted by Crippen LogP contribution is -2.32. The number of carboxylic acids is 1. The van der Waals surface area contributed by atoms with Gasteiger partial charge in [-0.05, 0) is 32.2 Å². The standard InChI is InChI=1S/C8H19NS.C2H4O2.HI/c1-4-9(5-2)8(3)6-7-10;1-2(3)4;/h8,10H,4-7H2,1-3H3;1H3,(H,3,4);1H. The van der Waals surface area contributed by atoms with Gasteiger partial charge in [-0.2, -0.15) is 12.6 Å². The van der Waals surface area contributed by atoms with Crippen LogP contribution >= 0.6 is 36.6 Å². The molecule has 0 aliphatic carbocycles. The van der Waals surface area contributed by atoms with E-state index in [9.17, 15) is 0 Å².